The van der Waals surface area contributed by atoms with Crippen LogP contribution in [0.1, 0.15) is 35.0 Å². The van der Waals surface area contributed by atoms with Crippen LogP contribution in [0, 0.1) is 0 Å². The molecular weight excluding hydrogens is 344 g/mol. The first-order chi connectivity index (χ1) is 11.3. The zero-order chi connectivity index (χ0) is 17.7. The van der Waals surface area contributed by atoms with Crippen LogP contribution >= 0.6 is 11.3 Å². The molecule has 0 bridgehead atoms. The number of nitrogens with one attached hydrogen (secondary N) is 1. The molecule has 130 valence electrons. The second-order valence-electron chi connectivity index (χ2n) is 5.81. The summed E-state index contributed by atoms with van der Waals surface area (Å²) in [5, 5.41) is 4.58. The van der Waals surface area contributed by atoms with Crippen molar-refractivity contribution in [2.24, 2.45) is 0 Å². The number of hydrogen-bond acceptors (Lipinski definition) is 4. The van der Waals surface area contributed by atoms with E-state index in [-0.39, 0.29) is 19.0 Å². The maximum atomic E-state index is 12.1. The van der Waals surface area contributed by atoms with Gasteiger partial charge in [0, 0.05) is 6.54 Å². The smallest absolute Gasteiger partial charge is 0.261 e. The molecule has 0 saturated carbocycles. The van der Waals surface area contributed by atoms with E-state index >= 15 is 0 Å². The van der Waals surface area contributed by atoms with Crippen molar-refractivity contribution in [3.8, 4) is 0 Å². The van der Waals surface area contributed by atoms with Gasteiger partial charge in [-0.15, -0.1) is 11.3 Å². The Morgan fingerprint density at radius 1 is 1.21 bits per heavy atom. The van der Waals surface area contributed by atoms with Crippen LogP contribution in [0.15, 0.2) is 41.8 Å². The highest BCUT2D eigenvalue weighted by atomic mass is 32.2. The van der Waals surface area contributed by atoms with E-state index in [1.807, 2.05) is 17.5 Å². The summed E-state index contributed by atoms with van der Waals surface area (Å²) in [6.07, 6.45) is 1.17. The van der Waals surface area contributed by atoms with Gasteiger partial charge in [0.15, 0.2) is 0 Å². The van der Waals surface area contributed by atoms with Gasteiger partial charge in [0.25, 0.3) is 5.91 Å². The van der Waals surface area contributed by atoms with Crippen LogP contribution in [0.2, 0.25) is 0 Å². The Bertz CT molecular complexity index is 767. The number of carbonyl (C=O) groups is 1. The molecule has 24 heavy (non-hydrogen) atoms. The second-order valence-corrected chi connectivity index (χ2v) is 8.67. The normalized spacial score (nSPS) is 11.5. The molecule has 7 heteroatoms. The fourth-order valence-corrected chi connectivity index (χ4v) is 3.85. The van der Waals surface area contributed by atoms with E-state index in [0.717, 1.165) is 5.56 Å². The maximum absolute atomic E-state index is 12.1. The summed E-state index contributed by atoms with van der Waals surface area (Å²) >= 11 is 1.35. The van der Waals surface area contributed by atoms with Crippen LogP contribution in [-0.2, 0) is 10.0 Å². The minimum Gasteiger partial charge on any atom is -0.350 e. The van der Waals surface area contributed by atoms with Crippen LogP contribution in [0.4, 0.5) is 5.69 Å². The molecule has 0 fully saturated rings. The van der Waals surface area contributed by atoms with Crippen molar-refractivity contribution in [3.63, 3.8) is 0 Å². The Morgan fingerprint density at radius 2 is 1.88 bits per heavy atom. The Labute approximate surface area is 147 Å². The fourth-order valence-electron chi connectivity index (χ4n) is 2.28. The Morgan fingerprint density at radius 3 is 2.38 bits per heavy atom. The number of carbonyl (C=O) groups excluding carboxylic acids is 1. The number of benzene rings is 1. The topological polar surface area (TPSA) is 66.5 Å². The number of amides is 1. The van der Waals surface area contributed by atoms with Crippen LogP contribution in [0.3, 0.4) is 0 Å². The van der Waals surface area contributed by atoms with Gasteiger partial charge in [0.05, 0.1) is 23.4 Å². The van der Waals surface area contributed by atoms with Gasteiger partial charge in [-0.05, 0) is 35.1 Å². The largest absolute Gasteiger partial charge is 0.350 e. The van der Waals surface area contributed by atoms with Crippen molar-refractivity contribution in [1.82, 2.24) is 5.32 Å². The van der Waals surface area contributed by atoms with Crippen LogP contribution in [0.25, 0.3) is 0 Å². The van der Waals surface area contributed by atoms with Gasteiger partial charge >= 0.3 is 0 Å². The monoisotopic (exact) mass is 366 g/mol. The fraction of sp³-hybridized carbons (Fsp3) is 0.353. The molecule has 0 spiro atoms. The SMILES string of the molecule is CC(C)c1ccc(N(CCNC(=O)c2cccs2)S(C)(=O)=O)cc1. The lowest BCUT2D eigenvalue weighted by Gasteiger charge is -2.23. The Kier molecular flexibility index (Phi) is 6.01. The molecule has 0 atom stereocenters. The van der Waals surface area contributed by atoms with Gasteiger partial charge in [0.1, 0.15) is 0 Å². The molecule has 0 aliphatic heterocycles. The number of nitrogens with zero attached hydrogens (tertiary/aromatic N) is 1. The predicted molar refractivity (Wildman–Crippen MR) is 99.4 cm³/mol. The van der Waals surface area contributed by atoms with E-state index in [1.165, 1.54) is 21.9 Å². The predicted octanol–water partition coefficient (Wildman–Crippen LogP) is 3.07. The third-order valence-electron chi connectivity index (χ3n) is 3.59. The molecule has 2 aromatic rings. The summed E-state index contributed by atoms with van der Waals surface area (Å²) in [5.74, 6) is 0.199. The molecule has 1 amide bonds. The number of thiophene rings is 1. The van der Waals surface area contributed by atoms with Gasteiger partial charge in [-0.3, -0.25) is 9.10 Å². The lowest BCUT2D eigenvalue weighted by molar-refractivity contribution is 0.0959. The van der Waals surface area contributed by atoms with E-state index in [1.54, 1.807) is 24.3 Å². The van der Waals surface area contributed by atoms with Crippen molar-refractivity contribution in [3.05, 3.63) is 52.2 Å². The van der Waals surface area contributed by atoms with Gasteiger partial charge in [-0.1, -0.05) is 32.0 Å². The third kappa shape index (κ3) is 4.82. The van der Waals surface area contributed by atoms with Crippen molar-refractivity contribution < 1.29 is 13.2 Å². The van der Waals surface area contributed by atoms with Crippen LogP contribution < -0.4 is 9.62 Å². The highest BCUT2D eigenvalue weighted by molar-refractivity contribution is 7.92. The molecule has 0 saturated heterocycles. The lowest BCUT2D eigenvalue weighted by atomic mass is 10.0. The molecule has 1 aromatic carbocycles. The zero-order valence-electron chi connectivity index (χ0n) is 14.0. The maximum Gasteiger partial charge on any atom is 0.261 e. The van der Waals surface area contributed by atoms with Crippen molar-refractivity contribution >= 4 is 33.0 Å². The Hall–Kier alpha value is -1.86. The summed E-state index contributed by atoms with van der Waals surface area (Å²) < 4.78 is 25.5. The minimum absolute atomic E-state index is 0.186. The van der Waals surface area contributed by atoms with Gasteiger partial charge in [0.2, 0.25) is 10.0 Å². The molecule has 0 aliphatic rings. The molecule has 0 radical (unpaired) electrons. The highest BCUT2D eigenvalue weighted by Crippen LogP contribution is 2.21. The lowest BCUT2D eigenvalue weighted by Crippen LogP contribution is -2.38. The molecule has 0 unspecified atom stereocenters. The van der Waals surface area contributed by atoms with Crippen LogP contribution in [0.5, 0.6) is 0 Å². The molecule has 1 N–H and O–H groups in total. The summed E-state index contributed by atoms with van der Waals surface area (Å²) in [6, 6.07) is 11.0. The first-order valence-electron chi connectivity index (χ1n) is 7.68. The number of sulfonamides is 1. The van der Waals surface area contributed by atoms with Gasteiger partial charge in [-0.2, -0.15) is 0 Å². The van der Waals surface area contributed by atoms with Gasteiger partial charge in [-0.25, -0.2) is 8.42 Å². The van der Waals surface area contributed by atoms with Crippen molar-refractivity contribution in [2.75, 3.05) is 23.7 Å². The summed E-state index contributed by atoms with van der Waals surface area (Å²) in [4.78, 5) is 12.5. The van der Waals surface area contributed by atoms with Crippen molar-refractivity contribution in [1.29, 1.82) is 0 Å². The molecule has 5 nitrogen and oxygen atoms in total. The Balaban J connectivity index is 2.05. The molecule has 1 heterocycles. The van der Waals surface area contributed by atoms with Crippen molar-refractivity contribution in [2.45, 2.75) is 19.8 Å². The average Bonchev–Trinajstić information content (AvgIpc) is 3.04. The summed E-state index contributed by atoms with van der Waals surface area (Å²) in [6.45, 7) is 4.61. The van der Waals surface area contributed by atoms with Crippen LogP contribution in [-0.4, -0.2) is 33.7 Å². The van der Waals surface area contributed by atoms with E-state index in [4.69, 9.17) is 0 Å². The highest BCUT2D eigenvalue weighted by Gasteiger charge is 2.18. The standard InChI is InChI=1S/C17H22N2O3S2/c1-13(2)14-6-8-15(9-7-14)19(24(3,21)22)11-10-18-17(20)16-5-4-12-23-16/h4-9,12-13H,10-11H2,1-3H3,(H,18,20). The number of hydrogen-bond donors (Lipinski definition) is 1. The number of anilines is 1. The summed E-state index contributed by atoms with van der Waals surface area (Å²) in [5.41, 5.74) is 1.76. The molecular formula is C17H22N2O3S2. The number of rotatable bonds is 7. The average molecular weight is 367 g/mol. The van der Waals surface area contributed by atoms with E-state index < -0.39 is 10.0 Å². The summed E-state index contributed by atoms with van der Waals surface area (Å²) in [7, 11) is -3.42. The molecule has 2 rings (SSSR count). The first kappa shape index (κ1) is 18.5. The van der Waals surface area contributed by atoms with E-state index in [0.29, 0.717) is 16.5 Å². The quantitative estimate of drug-likeness (QED) is 0.819. The third-order valence-corrected chi connectivity index (χ3v) is 5.66. The molecule has 1 aromatic heterocycles. The second kappa shape index (κ2) is 7.81. The van der Waals surface area contributed by atoms with Gasteiger partial charge < -0.3 is 5.32 Å². The first-order valence-corrected chi connectivity index (χ1v) is 10.4. The zero-order valence-corrected chi connectivity index (χ0v) is 15.7. The molecule has 0 aliphatic carbocycles. The van der Waals surface area contributed by atoms with E-state index in [9.17, 15) is 13.2 Å². The minimum atomic E-state index is -3.42. The van der Waals surface area contributed by atoms with E-state index in [2.05, 4.69) is 19.2 Å².